The molecule has 0 aromatic rings. The van der Waals surface area contributed by atoms with Crippen LogP contribution in [0.15, 0.2) is 0 Å². The molecule has 0 aromatic carbocycles. The van der Waals surface area contributed by atoms with Gasteiger partial charge in [-0.2, -0.15) is 43.2 Å². The molecule has 0 aliphatic carbocycles. The quantitative estimate of drug-likeness (QED) is 0.285. The summed E-state index contributed by atoms with van der Waals surface area (Å²) in [7, 11) is -11.7. The minimum Gasteiger partial charge on any atom is -0.279 e. The van der Waals surface area contributed by atoms with Crippen molar-refractivity contribution >= 4 is 20.2 Å². The predicted octanol–water partition coefficient (Wildman–Crippen LogP) is 0.786. The first kappa shape index (κ1) is 22.1. The van der Waals surface area contributed by atoms with Crippen LogP contribution in [-0.4, -0.2) is 37.0 Å². The summed E-state index contributed by atoms with van der Waals surface area (Å²) in [4.78, 5) is 0. The fraction of sp³-hybridized carbons (Fsp3) is 1.00. The second-order valence-corrected chi connectivity index (χ2v) is 4.67. The molecule has 0 fully saturated rings. The zero-order chi connectivity index (χ0) is 14.0. The second kappa shape index (κ2) is 6.19. The Bertz CT molecular complexity index is 374. The molecule has 0 spiro atoms. The van der Waals surface area contributed by atoms with Crippen LogP contribution in [0.4, 0.5) is 26.3 Å². The summed E-state index contributed by atoms with van der Waals surface area (Å²) in [6, 6.07) is 0. The number of hydrogen-bond donors (Lipinski definition) is 2. The van der Waals surface area contributed by atoms with Gasteiger partial charge >= 0.3 is 48.3 Å². The average Bonchev–Trinajstić information content (AvgIpc) is 1.77. The van der Waals surface area contributed by atoms with Crippen molar-refractivity contribution in [3.8, 4) is 0 Å². The second-order valence-electron chi connectivity index (χ2n) is 1.84. The summed E-state index contributed by atoms with van der Waals surface area (Å²) in [6.07, 6.45) is 0. The first-order valence-corrected chi connectivity index (χ1v) is 5.45. The van der Waals surface area contributed by atoms with E-state index in [1.54, 1.807) is 0 Å². The molecule has 15 heteroatoms. The zero-order valence-corrected chi connectivity index (χ0v) is 9.49. The van der Waals surface area contributed by atoms with E-state index >= 15 is 0 Å². The van der Waals surface area contributed by atoms with Crippen LogP contribution in [0.25, 0.3) is 0 Å². The summed E-state index contributed by atoms with van der Waals surface area (Å²) in [5.74, 6) is 0. The van der Waals surface area contributed by atoms with E-state index in [-0.39, 0.29) is 17.1 Å². The van der Waals surface area contributed by atoms with Crippen LogP contribution in [0.1, 0.15) is 0 Å². The monoisotopic (exact) mass is 363 g/mol. The van der Waals surface area contributed by atoms with Crippen molar-refractivity contribution in [1.82, 2.24) is 0 Å². The van der Waals surface area contributed by atoms with Crippen molar-refractivity contribution in [2.45, 2.75) is 11.0 Å². The van der Waals surface area contributed by atoms with Crippen LogP contribution in [0.2, 0.25) is 0 Å². The maximum absolute atomic E-state index is 10.7. The normalized spacial score (nSPS) is 13.2. The Morgan fingerprint density at radius 3 is 0.706 bits per heavy atom. The third-order valence-corrected chi connectivity index (χ3v) is 1.75. The Kier molecular flexibility index (Phi) is 8.06. The van der Waals surface area contributed by atoms with Crippen molar-refractivity contribution in [3.63, 3.8) is 0 Å². The van der Waals surface area contributed by atoms with Gasteiger partial charge < -0.3 is 0 Å². The predicted molar refractivity (Wildman–Crippen MR) is 35.2 cm³/mol. The van der Waals surface area contributed by atoms with Crippen LogP contribution < -0.4 is 0 Å². The minimum absolute atomic E-state index is 0. The van der Waals surface area contributed by atoms with E-state index in [1.165, 1.54) is 0 Å². The van der Waals surface area contributed by atoms with E-state index in [2.05, 4.69) is 0 Å². The van der Waals surface area contributed by atoms with E-state index in [0.29, 0.717) is 0 Å². The molecule has 1 radical (unpaired) electrons. The van der Waals surface area contributed by atoms with Gasteiger partial charge in [-0.1, -0.05) is 0 Å². The Balaban J connectivity index is -0.000000218. The zero-order valence-electron chi connectivity index (χ0n) is 6.91. The number of alkyl halides is 6. The Labute approximate surface area is 101 Å². The Morgan fingerprint density at radius 1 is 0.647 bits per heavy atom. The molecule has 0 aromatic heterocycles. The molecule has 0 bridgehead atoms. The maximum atomic E-state index is 10.7. The average molecular weight is 364 g/mol. The van der Waals surface area contributed by atoms with Crippen molar-refractivity contribution in [2.75, 3.05) is 0 Å². The fourth-order valence-electron chi connectivity index (χ4n) is 0. The van der Waals surface area contributed by atoms with Crippen molar-refractivity contribution in [3.05, 3.63) is 0 Å². The smallest absolute Gasteiger partial charge is 0.279 e. The molecule has 0 atom stereocenters. The van der Waals surface area contributed by atoms with Gasteiger partial charge in [0.15, 0.2) is 0 Å². The standard InChI is InChI=1S/2CHF3O3S.Cu/c2*2-1(3,4)8(5,6)7;/h2*(H,5,6,7);/q;;+2. The Hall–Kier alpha value is -0.0805. The molecule has 0 amide bonds. The third kappa shape index (κ3) is 9.61. The number of halogens is 6. The van der Waals surface area contributed by atoms with Crippen LogP contribution in [-0.2, 0) is 37.3 Å². The van der Waals surface area contributed by atoms with Gasteiger partial charge in [-0.15, -0.1) is 0 Å². The molecule has 6 nitrogen and oxygen atoms in total. The van der Waals surface area contributed by atoms with E-state index in [0.717, 1.165) is 0 Å². The molecule has 2 N–H and O–H groups in total. The van der Waals surface area contributed by atoms with Crippen LogP contribution in [0.5, 0.6) is 0 Å². The summed E-state index contributed by atoms with van der Waals surface area (Å²) in [5, 5.41) is 0. The molecule has 0 aliphatic rings. The summed E-state index contributed by atoms with van der Waals surface area (Å²) < 4.78 is 115. The van der Waals surface area contributed by atoms with E-state index in [1.807, 2.05) is 0 Å². The van der Waals surface area contributed by atoms with Gasteiger partial charge in [0.05, 0.1) is 0 Å². The third-order valence-electron chi connectivity index (χ3n) is 0.585. The van der Waals surface area contributed by atoms with Crippen molar-refractivity contribution in [1.29, 1.82) is 0 Å². The van der Waals surface area contributed by atoms with Gasteiger partial charge in [-0.25, -0.2) is 0 Å². The molecule has 0 aliphatic heterocycles. The summed E-state index contributed by atoms with van der Waals surface area (Å²) in [6.45, 7) is 0. The molecule has 0 saturated carbocycles. The van der Waals surface area contributed by atoms with Gasteiger partial charge in [0.2, 0.25) is 0 Å². The molecule has 0 rings (SSSR count). The number of hydrogen-bond acceptors (Lipinski definition) is 4. The van der Waals surface area contributed by atoms with Gasteiger partial charge in [-0.3, -0.25) is 9.11 Å². The van der Waals surface area contributed by atoms with Crippen LogP contribution in [0, 0.1) is 0 Å². The van der Waals surface area contributed by atoms with Gasteiger partial charge in [0, 0.05) is 0 Å². The van der Waals surface area contributed by atoms with Crippen LogP contribution in [0.3, 0.4) is 0 Å². The van der Waals surface area contributed by atoms with Crippen molar-refractivity contribution in [2.24, 2.45) is 0 Å². The van der Waals surface area contributed by atoms with Gasteiger partial charge in [-0.05, 0) is 0 Å². The maximum Gasteiger partial charge on any atom is 2.00 e. The molecule has 0 unspecified atom stereocenters. The topological polar surface area (TPSA) is 109 Å². The first-order chi connectivity index (χ1) is 6.50. The summed E-state index contributed by atoms with van der Waals surface area (Å²) in [5.41, 5.74) is -11.1. The molecule has 17 heavy (non-hydrogen) atoms. The minimum atomic E-state index is -5.84. The molecular formula is C2H2CuF6O6S2+2. The first-order valence-electron chi connectivity index (χ1n) is 2.57. The number of rotatable bonds is 0. The largest absolute Gasteiger partial charge is 2.00 e. The van der Waals surface area contributed by atoms with Gasteiger partial charge in [0.25, 0.3) is 0 Å². The fourth-order valence-corrected chi connectivity index (χ4v) is 0. The van der Waals surface area contributed by atoms with Crippen LogP contribution >= 0.6 is 0 Å². The van der Waals surface area contributed by atoms with E-state index < -0.39 is 31.3 Å². The summed E-state index contributed by atoms with van der Waals surface area (Å²) >= 11 is 0. The van der Waals surface area contributed by atoms with Crippen molar-refractivity contribution < 1.29 is 69.4 Å². The molecule has 0 heterocycles. The van der Waals surface area contributed by atoms with E-state index in [4.69, 9.17) is 25.9 Å². The molecule has 109 valence electrons. The molecule has 0 saturated heterocycles. The van der Waals surface area contributed by atoms with Gasteiger partial charge in [0.1, 0.15) is 0 Å². The molecular weight excluding hydrogens is 362 g/mol. The van der Waals surface area contributed by atoms with E-state index in [9.17, 15) is 26.3 Å². The Morgan fingerprint density at radius 2 is 0.706 bits per heavy atom. The SMILES string of the molecule is O=S(=O)(O)C(F)(F)F.O=S(=O)(O)C(F)(F)F.[Cu+2].